The second kappa shape index (κ2) is 12.3. The Kier molecular flexibility index (Phi) is 10.1. The highest BCUT2D eigenvalue weighted by Crippen LogP contribution is 2.44. The highest BCUT2D eigenvalue weighted by Gasteiger charge is 2.41. The molecule has 0 aliphatic carbocycles. The van der Waals surface area contributed by atoms with Gasteiger partial charge in [-0.05, 0) is 54.4 Å². The average Bonchev–Trinajstić information content (AvgIpc) is 3.17. The van der Waals surface area contributed by atoms with Gasteiger partial charge in [-0.25, -0.2) is 24.5 Å². The molecule has 0 saturated heterocycles. The molecule has 37 heavy (non-hydrogen) atoms. The molecule has 0 aromatic carbocycles. The summed E-state index contributed by atoms with van der Waals surface area (Å²) in [5.41, 5.74) is 4.75. The van der Waals surface area contributed by atoms with Crippen LogP contribution in [0, 0.1) is 0 Å². The molecule has 2 aromatic heterocycles. The Balaban J connectivity index is 2.05. The second-order valence-electron chi connectivity index (χ2n) is 10.3. The molecule has 14 nitrogen and oxygen atoms in total. The number of carbonyl (C=O) groups excluding carboxylic acids is 2. The smallest absolute Gasteiger partial charge is 0.354 e. The third kappa shape index (κ3) is 9.63. The highest BCUT2D eigenvalue weighted by atomic mass is 31.2. The van der Waals surface area contributed by atoms with Gasteiger partial charge >= 0.3 is 19.5 Å². The third-order valence-electron chi connectivity index (χ3n) is 4.60. The number of aromatic nitrogens is 4. The van der Waals surface area contributed by atoms with Crippen LogP contribution in [0.2, 0.25) is 0 Å². The molecule has 0 aliphatic rings. The SMILES string of the molecule is CC(C)(C)OC(=O)C(OP(=O)(O)COCCC(CCO)n1cnc2c(N)ncnc21)C(=O)OC(C)(C)C. The molecule has 0 saturated carbocycles. The van der Waals surface area contributed by atoms with Crippen LogP contribution in [0.1, 0.15) is 60.4 Å². The molecular formula is C22H36N5O9P. The minimum Gasteiger partial charge on any atom is -0.458 e. The zero-order chi connectivity index (χ0) is 28.0. The molecule has 0 aliphatic heterocycles. The van der Waals surface area contributed by atoms with Gasteiger partial charge in [-0.2, -0.15) is 0 Å². The summed E-state index contributed by atoms with van der Waals surface area (Å²) in [5, 5.41) is 9.49. The minimum atomic E-state index is -4.60. The Hall–Kier alpha value is -2.64. The normalized spacial score (nSPS) is 14.9. The number of anilines is 1. The summed E-state index contributed by atoms with van der Waals surface area (Å²) in [6.45, 7) is 9.28. The van der Waals surface area contributed by atoms with E-state index in [1.54, 1.807) is 46.1 Å². The lowest BCUT2D eigenvalue weighted by Crippen LogP contribution is -2.42. The number of aliphatic hydroxyl groups is 1. The van der Waals surface area contributed by atoms with E-state index in [2.05, 4.69) is 15.0 Å². The summed E-state index contributed by atoms with van der Waals surface area (Å²) in [5.74, 6) is -2.11. The van der Waals surface area contributed by atoms with E-state index in [0.717, 1.165) is 0 Å². The van der Waals surface area contributed by atoms with Crippen LogP contribution in [0.5, 0.6) is 0 Å². The van der Waals surface area contributed by atoms with Crippen LogP contribution in [-0.4, -0.2) is 78.3 Å². The van der Waals surface area contributed by atoms with E-state index < -0.39 is 43.2 Å². The van der Waals surface area contributed by atoms with Crippen LogP contribution in [0.15, 0.2) is 12.7 Å². The summed E-state index contributed by atoms with van der Waals surface area (Å²) in [6, 6.07) is -0.320. The molecule has 15 heteroatoms. The minimum absolute atomic E-state index is 0.0254. The standard InChI is InChI=1S/C22H36N5O9P/c1-21(2,3)34-19(29)16(20(30)35-22(4,5)6)36-37(31,32)13-33-10-8-14(7-9-28)27-12-26-15-17(23)24-11-25-18(15)27/h11-12,14,16,28H,7-10,13H2,1-6H3,(H,31,32)(H2,23,24,25). The first-order valence-electron chi connectivity index (χ1n) is 11.6. The number of aliphatic hydroxyl groups excluding tert-OH is 1. The van der Waals surface area contributed by atoms with Crippen molar-refractivity contribution >= 4 is 36.5 Å². The number of carbonyl (C=O) groups is 2. The van der Waals surface area contributed by atoms with E-state index in [1.807, 2.05) is 0 Å². The van der Waals surface area contributed by atoms with Crippen LogP contribution in [0.3, 0.4) is 0 Å². The zero-order valence-corrected chi connectivity index (χ0v) is 22.8. The van der Waals surface area contributed by atoms with Crippen LogP contribution in [0.25, 0.3) is 11.2 Å². The van der Waals surface area contributed by atoms with Gasteiger partial charge in [0.1, 0.15) is 29.4 Å². The maximum absolute atomic E-state index is 12.7. The zero-order valence-electron chi connectivity index (χ0n) is 21.9. The van der Waals surface area contributed by atoms with E-state index in [1.165, 1.54) is 12.7 Å². The topological polar surface area (TPSA) is 198 Å². The predicted molar refractivity (Wildman–Crippen MR) is 132 cm³/mol. The predicted octanol–water partition coefficient (Wildman–Crippen LogP) is 1.95. The summed E-state index contributed by atoms with van der Waals surface area (Å²) in [7, 11) is -4.60. The van der Waals surface area contributed by atoms with Gasteiger partial charge in [0.15, 0.2) is 11.5 Å². The molecule has 2 rings (SSSR count). The average molecular weight is 546 g/mol. The van der Waals surface area contributed by atoms with Crippen molar-refractivity contribution in [2.75, 3.05) is 25.3 Å². The van der Waals surface area contributed by atoms with Gasteiger partial charge < -0.3 is 34.5 Å². The number of rotatable bonds is 12. The first kappa shape index (κ1) is 30.6. The summed E-state index contributed by atoms with van der Waals surface area (Å²) >= 11 is 0. The molecule has 0 bridgehead atoms. The number of nitrogens with zero attached hydrogens (tertiary/aromatic N) is 4. The maximum Gasteiger partial charge on any atom is 0.354 e. The van der Waals surface area contributed by atoms with Gasteiger partial charge in [0, 0.05) is 19.3 Å². The Morgan fingerprint density at radius 2 is 1.65 bits per heavy atom. The fourth-order valence-corrected chi connectivity index (χ4v) is 4.12. The molecule has 2 unspecified atom stereocenters. The summed E-state index contributed by atoms with van der Waals surface area (Å²) in [6.07, 6.45) is 0.557. The molecule has 0 radical (unpaired) electrons. The quantitative estimate of drug-likeness (QED) is 0.151. The molecule has 2 heterocycles. The van der Waals surface area contributed by atoms with E-state index in [9.17, 15) is 24.2 Å². The number of hydrogen-bond donors (Lipinski definition) is 3. The van der Waals surface area contributed by atoms with E-state index in [4.69, 9.17) is 24.5 Å². The number of nitrogen functional groups attached to an aromatic ring is 1. The van der Waals surface area contributed by atoms with E-state index in [-0.39, 0.29) is 25.1 Å². The van der Waals surface area contributed by atoms with Crippen molar-refractivity contribution in [3.63, 3.8) is 0 Å². The van der Waals surface area contributed by atoms with Gasteiger partial charge in [-0.1, -0.05) is 0 Å². The van der Waals surface area contributed by atoms with Crippen molar-refractivity contribution in [3.05, 3.63) is 12.7 Å². The molecular weight excluding hydrogens is 509 g/mol. The number of esters is 2. The van der Waals surface area contributed by atoms with Gasteiger partial charge in [0.2, 0.25) is 0 Å². The van der Waals surface area contributed by atoms with Crippen molar-refractivity contribution in [1.82, 2.24) is 19.5 Å². The first-order chi connectivity index (χ1) is 17.0. The van der Waals surface area contributed by atoms with Gasteiger partial charge in [0.25, 0.3) is 6.10 Å². The van der Waals surface area contributed by atoms with Gasteiger partial charge in [0.05, 0.1) is 6.33 Å². The highest BCUT2D eigenvalue weighted by molar-refractivity contribution is 7.52. The van der Waals surface area contributed by atoms with Crippen molar-refractivity contribution < 1.29 is 42.9 Å². The van der Waals surface area contributed by atoms with Crippen LogP contribution < -0.4 is 5.73 Å². The molecule has 2 aromatic rings. The number of hydrogen-bond acceptors (Lipinski definition) is 12. The number of ether oxygens (including phenoxy) is 3. The van der Waals surface area contributed by atoms with Crippen LogP contribution >= 0.6 is 7.60 Å². The van der Waals surface area contributed by atoms with Crippen molar-refractivity contribution in [3.8, 4) is 0 Å². The lowest BCUT2D eigenvalue weighted by molar-refractivity contribution is -0.179. The molecule has 2 atom stereocenters. The van der Waals surface area contributed by atoms with Gasteiger partial charge in [-0.3, -0.25) is 9.09 Å². The first-order valence-corrected chi connectivity index (χ1v) is 13.4. The fraction of sp³-hybridized carbons (Fsp3) is 0.682. The molecule has 0 spiro atoms. The maximum atomic E-state index is 12.7. The lowest BCUT2D eigenvalue weighted by atomic mass is 10.1. The third-order valence-corrected chi connectivity index (χ3v) is 5.65. The second-order valence-corrected chi connectivity index (χ2v) is 12.0. The Morgan fingerprint density at radius 3 is 2.19 bits per heavy atom. The number of fused-ring (bicyclic) bond motifs is 1. The van der Waals surface area contributed by atoms with Crippen molar-refractivity contribution in [2.24, 2.45) is 0 Å². The number of nitrogens with two attached hydrogens (primary N) is 1. The van der Waals surface area contributed by atoms with Crippen LogP contribution in [0.4, 0.5) is 5.82 Å². The molecule has 208 valence electrons. The molecule has 4 N–H and O–H groups in total. The lowest BCUT2D eigenvalue weighted by Gasteiger charge is -2.27. The molecule has 0 amide bonds. The fourth-order valence-electron chi connectivity index (χ4n) is 3.20. The van der Waals surface area contributed by atoms with Gasteiger partial charge in [-0.15, -0.1) is 0 Å². The van der Waals surface area contributed by atoms with Crippen molar-refractivity contribution in [2.45, 2.75) is 77.7 Å². The van der Waals surface area contributed by atoms with Crippen molar-refractivity contribution in [1.29, 1.82) is 0 Å². The number of imidazole rings is 1. The Morgan fingerprint density at radius 1 is 1.05 bits per heavy atom. The van der Waals surface area contributed by atoms with Crippen LogP contribution in [-0.2, 0) is 32.9 Å². The van der Waals surface area contributed by atoms with E-state index in [0.29, 0.717) is 24.0 Å². The van der Waals surface area contributed by atoms with E-state index >= 15 is 0 Å². The Bertz CT molecular complexity index is 1100. The summed E-state index contributed by atoms with van der Waals surface area (Å²) < 4.78 is 35.1. The largest absolute Gasteiger partial charge is 0.458 e. The summed E-state index contributed by atoms with van der Waals surface area (Å²) in [4.78, 5) is 47.7. The monoisotopic (exact) mass is 545 g/mol. The molecule has 0 fully saturated rings. The Labute approximate surface area is 215 Å².